The first-order valence-electron chi connectivity index (χ1n) is 4.24. The molecule has 0 aromatic heterocycles. The predicted octanol–water partition coefficient (Wildman–Crippen LogP) is 1.89. The molecule has 0 fully saturated rings. The van der Waals surface area contributed by atoms with Gasteiger partial charge >= 0.3 is 0 Å². The van der Waals surface area contributed by atoms with E-state index in [-0.39, 0.29) is 0 Å². The summed E-state index contributed by atoms with van der Waals surface area (Å²) in [6.45, 7) is 4.31. The maximum atomic E-state index is 2.29. The standard InChI is InChI=1S/C10H14N2/c1-8-5-4-6-12-7-9(2)11(3)10(8)12/h4-7,10H,1-3H3. The van der Waals surface area contributed by atoms with E-state index >= 15 is 0 Å². The molecule has 2 heteroatoms. The molecule has 0 aromatic carbocycles. The van der Waals surface area contributed by atoms with Gasteiger partial charge in [-0.05, 0) is 25.5 Å². The average Bonchev–Trinajstić information content (AvgIpc) is 2.29. The van der Waals surface area contributed by atoms with Crippen molar-refractivity contribution in [3.05, 3.63) is 35.8 Å². The van der Waals surface area contributed by atoms with Crippen LogP contribution in [0.4, 0.5) is 0 Å². The number of hydrogen-bond donors (Lipinski definition) is 0. The second-order valence-corrected chi connectivity index (χ2v) is 3.45. The molecule has 0 N–H and O–H groups in total. The molecule has 0 saturated carbocycles. The van der Waals surface area contributed by atoms with Crippen LogP contribution in [0.2, 0.25) is 0 Å². The minimum absolute atomic E-state index is 0.426. The first kappa shape index (κ1) is 7.47. The van der Waals surface area contributed by atoms with E-state index in [1.807, 2.05) is 0 Å². The highest BCUT2D eigenvalue weighted by atomic mass is 15.4. The van der Waals surface area contributed by atoms with Gasteiger partial charge in [0, 0.05) is 25.1 Å². The van der Waals surface area contributed by atoms with Gasteiger partial charge in [-0.25, -0.2) is 0 Å². The zero-order chi connectivity index (χ0) is 8.72. The largest absolute Gasteiger partial charge is 0.353 e. The smallest absolute Gasteiger partial charge is 0.127 e. The second-order valence-electron chi connectivity index (χ2n) is 3.45. The van der Waals surface area contributed by atoms with Crippen LogP contribution in [0.25, 0.3) is 0 Å². The van der Waals surface area contributed by atoms with Gasteiger partial charge in [0.05, 0.1) is 0 Å². The first-order valence-corrected chi connectivity index (χ1v) is 4.24. The second kappa shape index (κ2) is 2.41. The molecular formula is C10H14N2. The Kier molecular flexibility index (Phi) is 1.50. The molecule has 12 heavy (non-hydrogen) atoms. The van der Waals surface area contributed by atoms with Crippen LogP contribution in [-0.2, 0) is 0 Å². The van der Waals surface area contributed by atoms with Gasteiger partial charge in [0.1, 0.15) is 6.17 Å². The molecule has 0 amide bonds. The van der Waals surface area contributed by atoms with Crippen molar-refractivity contribution in [3.8, 4) is 0 Å². The summed E-state index contributed by atoms with van der Waals surface area (Å²) in [5.41, 5.74) is 2.72. The molecule has 0 spiro atoms. The molecule has 1 atom stereocenters. The van der Waals surface area contributed by atoms with Crippen LogP contribution in [0.15, 0.2) is 35.8 Å². The van der Waals surface area contributed by atoms with E-state index in [0.717, 1.165) is 0 Å². The quantitative estimate of drug-likeness (QED) is 0.536. The van der Waals surface area contributed by atoms with E-state index in [1.54, 1.807) is 0 Å². The van der Waals surface area contributed by atoms with Crippen molar-refractivity contribution >= 4 is 0 Å². The summed E-state index contributed by atoms with van der Waals surface area (Å²) in [5.74, 6) is 0. The van der Waals surface area contributed by atoms with Crippen molar-refractivity contribution in [1.29, 1.82) is 0 Å². The SMILES string of the molecule is CC1=CC=CN2C=C(C)N(C)C12. The van der Waals surface area contributed by atoms with Gasteiger partial charge in [-0.2, -0.15) is 0 Å². The van der Waals surface area contributed by atoms with Crippen LogP contribution in [0.3, 0.4) is 0 Å². The van der Waals surface area contributed by atoms with Crippen LogP contribution < -0.4 is 0 Å². The summed E-state index contributed by atoms with van der Waals surface area (Å²) in [7, 11) is 2.13. The van der Waals surface area contributed by atoms with Crippen molar-refractivity contribution in [2.75, 3.05) is 7.05 Å². The fourth-order valence-corrected chi connectivity index (χ4v) is 1.82. The third-order valence-electron chi connectivity index (χ3n) is 2.57. The number of allylic oxidation sites excluding steroid dienone is 3. The zero-order valence-electron chi connectivity index (χ0n) is 7.78. The van der Waals surface area contributed by atoms with Gasteiger partial charge in [0.15, 0.2) is 0 Å². The summed E-state index contributed by atoms with van der Waals surface area (Å²) in [6.07, 6.45) is 8.98. The van der Waals surface area contributed by atoms with Gasteiger partial charge in [-0.15, -0.1) is 0 Å². The molecule has 2 aliphatic rings. The van der Waals surface area contributed by atoms with E-state index in [9.17, 15) is 0 Å². The number of likely N-dealkylation sites (N-methyl/N-ethyl adjacent to an activating group) is 1. The summed E-state index contributed by atoms with van der Waals surface area (Å²) < 4.78 is 0. The normalized spacial score (nSPS) is 27.1. The van der Waals surface area contributed by atoms with E-state index in [0.29, 0.717) is 6.17 Å². The molecule has 0 radical (unpaired) electrons. The molecule has 2 rings (SSSR count). The third-order valence-corrected chi connectivity index (χ3v) is 2.57. The predicted molar refractivity (Wildman–Crippen MR) is 50.0 cm³/mol. The van der Waals surface area contributed by atoms with Crippen LogP contribution >= 0.6 is 0 Å². The molecule has 64 valence electrons. The van der Waals surface area contributed by atoms with Gasteiger partial charge in [0.2, 0.25) is 0 Å². The molecular weight excluding hydrogens is 148 g/mol. The lowest BCUT2D eigenvalue weighted by molar-refractivity contribution is 0.250. The lowest BCUT2D eigenvalue weighted by Crippen LogP contribution is -2.36. The van der Waals surface area contributed by atoms with Crippen LogP contribution in [0.5, 0.6) is 0 Å². The van der Waals surface area contributed by atoms with Crippen LogP contribution in [0.1, 0.15) is 13.8 Å². The minimum Gasteiger partial charge on any atom is -0.353 e. The highest BCUT2D eigenvalue weighted by Gasteiger charge is 2.28. The van der Waals surface area contributed by atoms with Crippen molar-refractivity contribution in [3.63, 3.8) is 0 Å². The van der Waals surface area contributed by atoms with Crippen LogP contribution in [-0.4, -0.2) is 23.0 Å². The Labute approximate surface area is 73.5 Å². The maximum Gasteiger partial charge on any atom is 0.127 e. The van der Waals surface area contributed by atoms with Gasteiger partial charge in [0.25, 0.3) is 0 Å². The summed E-state index contributed by atoms with van der Waals surface area (Å²) in [5, 5.41) is 0. The van der Waals surface area contributed by atoms with E-state index in [1.165, 1.54) is 11.3 Å². The van der Waals surface area contributed by atoms with Crippen molar-refractivity contribution < 1.29 is 0 Å². The van der Waals surface area contributed by atoms with Gasteiger partial charge in [-0.3, -0.25) is 0 Å². The number of fused-ring (bicyclic) bond motifs is 1. The molecule has 2 heterocycles. The maximum absolute atomic E-state index is 2.29. The summed E-state index contributed by atoms with van der Waals surface area (Å²) in [6, 6.07) is 0. The lowest BCUT2D eigenvalue weighted by atomic mass is 10.1. The monoisotopic (exact) mass is 162 g/mol. The topological polar surface area (TPSA) is 6.48 Å². The third kappa shape index (κ3) is 0.876. The Morgan fingerprint density at radius 2 is 2.08 bits per heavy atom. The Hall–Kier alpha value is -1.18. The van der Waals surface area contributed by atoms with E-state index in [4.69, 9.17) is 0 Å². The summed E-state index contributed by atoms with van der Waals surface area (Å²) >= 11 is 0. The number of hydrogen-bond acceptors (Lipinski definition) is 2. The summed E-state index contributed by atoms with van der Waals surface area (Å²) in [4.78, 5) is 4.53. The van der Waals surface area contributed by atoms with Gasteiger partial charge in [-0.1, -0.05) is 6.08 Å². The zero-order valence-corrected chi connectivity index (χ0v) is 7.78. The highest BCUT2D eigenvalue weighted by Crippen LogP contribution is 2.28. The van der Waals surface area contributed by atoms with Crippen LogP contribution in [0, 0.1) is 0 Å². The van der Waals surface area contributed by atoms with Gasteiger partial charge < -0.3 is 9.80 Å². The van der Waals surface area contributed by atoms with E-state index in [2.05, 4.69) is 55.2 Å². The van der Waals surface area contributed by atoms with E-state index < -0.39 is 0 Å². The Balaban J connectivity index is 2.34. The van der Waals surface area contributed by atoms with Crippen molar-refractivity contribution in [2.45, 2.75) is 20.0 Å². The van der Waals surface area contributed by atoms with Crippen molar-refractivity contribution in [1.82, 2.24) is 9.80 Å². The molecule has 2 nitrogen and oxygen atoms in total. The molecule has 1 unspecified atom stereocenters. The fraction of sp³-hybridized carbons (Fsp3) is 0.400. The molecule has 0 bridgehead atoms. The number of nitrogens with zero attached hydrogens (tertiary/aromatic N) is 2. The Morgan fingerprint density at radius 3 is 2.75 bits per heavy atom. The molecule has 0 aliphatic carbocycles. The Morgan fingerprint density at radius 1 is 1.33 bits per heavy atom. The molecule has 2 aliphatic heterocycles. The average molecular weight is 162 g/mol. The number of rotatable bonds is 0. The van der Waals surface area contributed by atoms with Crippen molar-refractivity contribution in [2.24, 2.45) is 0 Å². The minimum atomic E-state index is 0.426. The fourth-order valence-electron chi connectivity index (χ4n) is 1.82. The Bertz CT molecular complexity index is 286. The molecule has 0 saturated heterocycles. The molecule has 0 aromatic rings. The lowest BCUT2D eigenvalue weighted by Gasteiger charge is -2.31. The first-order chi connectivity index (χ1) is 5.70. The highest BCUT2D eigenvalue weighted by molar-refractivity contribution is 5.28.